The minimum atomic E-state index is -1.42. The van der Waals surface area contributed by atoms with E-state index in [0.29, 0.717) is 0 Å². The van der Waals surface area contributed by atoms with E-state index in [1.165, 1.54) is 0 Å². The highest BCUT2D eigenvalue weighted by atomic mass is 16.4. The van der Waals surface area contributed by atoms with E-state index in [1.54, 1.807) is 0 Å². The molecule has 1 rings (SSSR count). The molecular weight excluding hydrogens is 242 g/mol. The molecule has 0 saturated carbocycles. The molecule has 0 aromatic carbocycles. The van der Waals surface area contributed by atoms with E-state index in [0.717, 1.165) is 12.3 Å². The van der Waals surface area contributed by atoms with E-state index in [1.807, 2.05) is 0 Å². The lowest BCUT2D eigenvalue weighted by Crippen LogP contribution is -2.22. The van der Waals surface area contributed by atoms with Gasteiger partial charge in [0, 0.05) is 16.7 Å². The average molecular weight is 253 g/mol. The zero-order valence-electron chi connectivity index (χ0n) is 9.13. The number of nitrogens with zero attached hydrogens (tertiary/aromatic N) is 4. The zero-order valence-corrected chi connectivity index (χ0v) is 9.13. The lowest BCUT2D eigenvalue weighted by atomic mass is 10.0. The van der Waals surface area contributed by atoms with Crippen LogP contribution in [0.3, 0.4) is 0 Å². The van der Waals surface area contributed by atoms with Gasteiger partial charge in [-0.15, -0.1) is 0 Å². The quantitative estimate of drug-likeness (QED) is 0.329. The molecule has 2 atom stereocenters. The van der Waals surface area contributed by atoms with E-state index in [9.17, 15) is 15.0 Å². The highest BCUT2D eigenvalue weighted by Gasteiger charge is 2.20. The number of nitrogen functional groups attached to an aromatic ring is 1. The Morgan fingerprint density at radius 3 is 2.83 bits per heavy atom. The SMILES string of the molecule is [N-]=[N+]=NCC(O)C(O)c1cnc(N)c(C(=O)O)c1. The Labute approximate surface area is 101 Å². The highest BCUT2D eigenvalue weighted by Crippen LogP contribution is 2.20. The van der Waals surface area contributed by atoms with Crippen molar-refractivity contribution in [2.24, 2.45) is 5.11 Å². The van der Waals surface area contributed by atoms with Gasteiger partial charge in [0.1, 0.15) is 17.5 Å². The number of aliphatic hydroxyl groups excluding tert-OH is 2. The minimum Gasteiger partial charge on any atom is -0.478 e. The Hall–Kier alpha value is -2.35. The zero-order chi connectivity index (χ0) is 13.7. The number of azide groups is 1. The summed E-state index contributed by atoms with van der Waals surface area (Å²) in [5, 5.41) is 31.1. The lowest BCUT2D eigenvalue weighted by Gasteiger charge is -2.16. The number of anilines is 1. The van der Waals surface area contributed by atoms with E-state index in [2.05, 4.69) is 15.0 Å². The van der Waals surface area contributed by atoms with Gasteiger partial charge in [-0.25, -0.2) is 9.78 Å². The third-order valence-corrected chi connectivity index (χ3v) is 2.21. The van der Waals surface area contributed by atoms with Crippen LogP contribution < -0.4 is 5.73 Å². The molecular formula is C9H11N5O4. The number of carboxylic acid groups (broad SMARTS) is 1. The summed E-state index contributed by atoms with van der Waals surface area (Å²) >= 11 is 0. The van der Waals surface area contributed by atoms with Crippen molar-refractivity contribution in [1.29, 1.82) is 0 Å². The van der Waals surface area contributed by atoms with Crippen LogP contribution in [-0.4, -0.2) is 38.9 Å². The fraction of sp³-hybridized carbons (Fsp3) is 0.333. The summed E-state index contributed by atoms with van der Waals surface area (Å²) in [5.74, 6) is -1.48. The van der Waals surface area contributed by atoms with Crippen LogP contribution in [0, 0.1) is 0 Å². The monoisotopic (exact) mass is 253 g/mol. The van der Waals surface area contributed by atoms with E-state index in [-0.39, 0.29) is 23.5 Å². The summed E-state index contributed by atoms with van der Waals surface area (Å²) in [7, 11) is 0. The number of nitrogens with two attached hydrogens (primary N) is 1. The van der Waals surface area contributed by atoms with Crippen LogP contribution in [0.15, 0.2) is 17.4 Å². The Morgan fingerprint density at radius 2 is 2.28 bits per heavy atom. The normalized spacial score (nSPS) is 13.4. The number of carboxylic acids is 1. The second-order valence-electron chi connectivity index (χ2n) is 3.43. The third-order valence-electron chi connectivity index (χ3n) is 2.21. The molecule has 0 spiro atoms. The van der Waals surface area contributed by atoms with Crippen molar-refractivity contribution in [1.82, 2.24) is 4.98 Å². The van der Waals surface area contributed by atoms with Crippen molar-refractivity contribution >= 4 is 11.8 Å². The maximum atomic E-state index is 10.8. The van der Waals surface area contributed by atoms with E-state index in [4.69, 9.17) is 16.4 Å². The van der Waals surface area contributed by atoms with Gasteiger partial charge in [-0.1, -0.05) is 5.11 Å². The second-order valence-corrected chi connectivity index (χ2v) is 3.43. The molecule has 0 radical (unpaired) electrons. The first-order valence-electron chi connectivity index (χ1n) is 4.83. The lowest BCUT2D eigenvalue weighted by molar-refractivity contribution is 0.0241. The Morgan fingerprint density at radius 1 is 1.61 bits per heavy atom. The van der Waals surface area contributed by atoms with Gasteiger partial charge in [0.2, 0.25) is 0 Å². The maximum absolute atomic E-state index is 10.8. The predicted octanol–water partition coefficient (Wildman–Crippen LogP) is 0.0666. The molecule has 0 amide bonds. The molecule has 5 N–H and O–H groups in total. The summed E-state index contributed by atoms with van der Waals surface area (Å²) in [6.45, 7) is -0.343. The van der Waals surface area contributed by atoms with Gasteiger partial charge in [-0.2, -0.15) is 0 Å². The number of pyridine rings is 1. The highest BCUT2D eigenvalue weighted by molar-refractivity contribution is 5.92. The second kappa shape index (κ2) is 5.82. The molecule has 9 nitrogen and oxygen atoms in total. The first-order valence-corrected chi connectivity index (χ1v) is 4.83. The van der Waals surface area contributed by atoms with Crippen molar-refractivity contribution in [3.63, 3.8) is 0 Å². The Kier molecular flexibility index (Phi) is 4.44. The number of aromatic nitrogens is 1. The van der Waals surface area contributed by atoms with Crippen molar-refractivity contribution in [3.8, 4) is 0 Å². The molecule has 96 valence electrons. The average Bonchev–Trinajstić information content (AvgIpc) is 2.35. The summed E-state index contributed by atoms with van der Waals surface area (Å²) in [6, 6.07) is 1.11. The molecule has 0 bridgehead atoms. The summed E-state index contributed by atoms with van der Waals surface area (Å²) in [6.07, 6.45) is -1.62. The molecule has 9 heteroatoms. The third kappa shape index (κ3) is 3.08. The molecule has 2 unspecified atom stereocenters. The minimum absolute atomic E-state index is 0.0715. The van der Waals surface area contributed by atoms with Crippen molar-refractivity contribution in [2.45, 2.75) is 12.2 Å². The van der Waals surface area contributed by atoms with Gasteiger partial charge in [0.15, 0.2) is 0 Å². The molecule has 0 aliphatic carbocycles. The predicted molar refractivity (Wildman–Crippen MR) is 60.6 cm³/mol. The van der Waals surface area contributed by atoms with Gasteiger partial charge in [-0.3, -0.25) is 0 Å². The number of carbonyl (C=O) groups is 1. The van der Waals surface area contributed by atoms with Crippen LogP contribution >= 0.6 is 0 Å². The number of hydrogen-bond donors (Lipinski definition) is 4. The molecule has 18 heavy (non-hydrogen) atoms. The molecule has 1 aromatic rings. The van der Waals surface area contributed by atoms with Crippen molar-refractivity contribution in [3.05, 3.63) is 33.8 Å². The van der Waals surface area contributed by atoms with Crippen molar-refractivity contribution < 1.29 is 20.1 Å². The maximum Gasteiger partial charge on any atom is 0.339 e. The van der Waals surface area contributed by atoms with Gasteiger partial charge in [-0.05, 0) is 11.6 Å². The van der Waals surface area contributed by atoms with Gasteiger partial charge >= 0.3 is 5.97 Å². The number of hydrogen-bond acceptors (Lipinski definition) is 6. The van der Waals surface area contributed by atoms with Gasteiger partial charge in [0.05, 0.1) is 12.6 Å². The summed E-state index contributed by atoms with van der Waals surface area (Å²) in [4.78, 5) is 16.9. The number of aliphatic hydroxyl groups is 2. The van der Waals surface area contributed by atoms with Crippen LogP contribution in [0.5, 0.6) is 0 Å². The standard InChI is InChI=1S/C9H11N5O4/c10-8-5(9(17)18)1-4(2-12-8)7(16)6(15)3-13-14-11/h1-2,6-7,15-16H,3H2,(H2,10,12)(H,17,18). The molecule has 0 aliphatic heterocycles. The number of aromatic carboxylic acids is 1. The fourth-order valence-corrected chi connectivity index (χ4v) is 1.27. The van der Waals surface area contributed by atoms with Crippen molar-refractivity contribution in [2.75, 3.05) is 12.3 Å². The first-order chi connectivity index (χ1) is 8.47. The smallest absolute Gasteiger partial charge is 0.339 e. The van der Waals surface area contributed by atoms with E-state index >= 15 is 0 Å². The fourth-order valence-electron chi connectivity index (χ4n) is 1.27. The molecule has 0 aliphatic rings. The van der Waals surface area contributed by atoms with Crippen LogP contribution in [0.2, 0.25) is 0 Å². The molecule has 0 fully saturated rings. The summed E-state index contributed by atoms with van der Waals surface area (Å²) < 4.78 is 0. The van der Waals surface area contributed by atoms with E-state index < -0.39 is 18.2 Å². The van der Waals surface area contributed by atoms with Gasteiger partial charge < -0.3 is 21.1 Å². The molecule has 0 saturated heterocycles. The topological polar surface area (TPSA) is 165 Å². The van der Waals surface area contributed by atoms with Crippen LogP contribution in [-0.2, 0) is 0 Å². The Bertz CT molecular complexity index is 500. The largest absolute Gasteiger partial charge is 0.478 e. The Balaban J connectivity index is 2.99. The van der Waals surface area contributed by atoms with Crippen LogP contribution in [0.4, 0.5) is 5.82 Å². The van der Waals surface area contributed by atoms with Crippen LogP contribution in [0.25, 0.3) is 10.4 Å². The first kappa shape index (κ1) is 13.7. The molecule has 1 heterocycles. The number of rotatable bonds is 5. The molecule has 1 aromatic heterocycles. The van der Waals surface area contributed by atoms with Crippen LogP contribution in [0.1, 0.15) is 22.0 Å². The van der Waals surface area contributed by atoms with Gasteiger partial charge in [0.25, 0.3) is 0 Å². The summed E-state index contributed by atoms with van der Waals surface area (Å²) in [5.41, 5.74) is 13.2.